The molecule has 0 radical (unpaired) electrons. The van der Waals surface area contributed by atoms with Gasteiger partial charge in [0.25, 0.3) is 0 Å². The van der Waals surface area contributed by atoms with Crippen molar-refractivity contribution in [2.75, 3.05) is 12.0 Å². The Hall–Kier alpha value is -2.25. The highest BCUT2D eigenvalue weighted by Gasteiger charge is 2.13. The number of hydrogen-bond donors (Lipinski definition) is 1. The van der Waals surface area contributed by atoms with Crippen LogP contribution in [-0.2, 0) is 13.2 Å². The van der Waals surface area contributed by atoms with Crippen molar-refractivity contribution in [3.8, 4) is 11.5 Å². The van der Waals surface area contributed by atoms with E-state index in [0.717, 1.165) is 15.6 Å². The van der Waals surface area contributed by atoms with E-state index in [1.54, 1.807) is 17.3 Å². The lowest BCUT2D eigenvalue weighted by Gasteiger charge is -2.16. The maximum absolute atomic E-state index is 6.03. The Morgan fingerprint density at radius 1 is 1.12 bits per heavy atom. The second-order valence-corrected chi connectivity index (χ2v) is 6.75. The number of benzene rings is 2. The summed E-state index contributed by atoms with van der Waals surface area (Å²) < 4.78 is 14.3. The molecule has 0 fully saturated rings. The third kappa shape index (κ3) is 4.89. The SMILES string of the molecule is CCOc1cc(CNn2cnnc2)cc(Br)c1OCc1cccc(Cl)c1. The van der Waals surface area contributed by atoms with Crippen molar-refractivity contribution < 1.29 is 9.47 Å². The van der Waals surface area contributed by atoms with Crippen LogP contribution in [0.4, 0.5) is 0 Å². The second-order valence-electron chi connectivity index (χ2n) is 5.46. The van der Waals surface area contributed by atoms with E-state index in [0.29, 0.717) is 36.3 Å². The Balaban J connectivity index is 1.75. The summed E-state index contributed by atoms with van der Waals surface area (Å²) >= 11 is 9.61. The number of hydrogen-bond acceptors (Lipinski definition) is 5. The van der Waals surface area contributed by atoms with Gasteiger partial charge >= 0.3 is 0 Å². The molecule has 0 aliphatic carbocycles. The van der Waals surface area contributed by atoms with E-state index in [9.17, 15) is 0 Å². The molecule has 0 amide bonds. The van der Waals surface area contributed by atoms with Crippen molar-refractivity contribution in [3.63, 3.8) is 0 Å². The molecule has 0 atom stereocenters. The van der Waals surface area contributed by atoms with E-state index < -0.39 is 0 Å². The van der Waals surface area contributed by atoms with E-state index >= 15 is 0 Å². The molecular weight excluding hydrogens is 420 g/mol. The van der Waals surface area contributed by atoms with Crippen LogP contribution in [0.15, 0.2) is 53.5 Å². The molecule has 26 heavy (non-hydrogen) atoms. The van der Waals surface area contributed by atoms with Crippen molar-refractivity contribution in [2.24, 2.45) is 0 Å². The minimum absolute atomic E-state index is 0.400. The third-order valence-corrected chi connectivity index (χ3v) is 4.35. The first-order chi connectivity index (χ1) is 12.7. The van der Waals surface area contributed by atoms with Gasteiger partial charge in [0.2, 0.25) is 0 Å². The summed E-state index contributed by atoms with van der Waals surface area (Å²) in [7, 11) is 0. The van der Waals surface area contributed by atoms with E-state index in [-0.39, 0.29) is 0 Å². The molecule has 1 aromatic heterocycles. The molecule has 0 spiro atoms. The molecule has 0 saturated heterocycles. The topological polar surface area (TPSA) is 61.2 Å². The smallest absolute Gasteiger partial charge is 0.175 e. The molecule has 0 aliphatic heterocycles. The fourth-order valence-corrected chi connectivity index (χ4v) is 3.19. The number of ether oxygens (including phenoxy) is 2. The lowest BCUT2D eigenvalue weighted by Crippen LogP contribution is -2.12. The van der Waals surface area contributed by atoms with Crippen LogP contribution < -0.4 is 14.9 Å². The molecule has 8 heteroatoms. The van der Waals surface area contributed by atoms with Gasteiger partial charge in [-0.2, -0.15) is 0 Å². The molecule has 0 aliphatic rings. The third-order valence-electron chi connectivity index (χ3n) is 3.53. The van der Waals surface area contributed by atoms with Crippen LogP contribution in [0.1, 0.15) is 18.1 Å². The monoisotopic (exact) mass is 436 g/mol. The summed E-state index contributed by atoms with van der Waals surface area (Å²) in [6.45, 7) is 3.47. The van der Waals surface area contributed by atoms with Crippen LogP contribution in [0.3, 0.4) is 0 Å². The van der Waals surface area contributed by atoms with Crippen LogP contribution in [0.5, 0.6) is 11.5 Å². The van der Waals surface area contributed by atoms with E-state index in [1.165, 1.54) is 0 Å². The summed E-state index contributed by atoms with van der Waals surface area (Å²) in [5.74, 6) is 1.35. The molecule has 0 unspecified atom stereocenters. The van der Waals surface area contributed by atoms with Crippen molar-refractivity contribution in [1.29, 1.82) is 0 Å². The van der Waals surface area contributed by atoms with Crippen LogP contribution in [0.25, 0.3) is 0 Å². The Labute approximate surface area is 165 Å². The molecule has 3 aromatic rings. The quantitative estimate of drug-likeness (QED) is 0.565. The fourth-order valence-electron chi connectivity index (χ4n) is 2.37. The Morgan fingerprint density at radius 2 is 1.92 bits per heavy atom. The lowest BCUT2D eigenvalue weighted by atomic mass is 10.2. The second kappa shape index (κ2) is 8.91. The zero-order chi connectivity index (χ0) is 18.4. The number of rotatable bonds is 8. The predicted molar refractivity (Wildman–Crippen MR) is 104 cm³/mol. The molecule has 136 valence electrons. The van der Waals surface area contributed by atoms with Gasteiger partial charge in [-0.15, -0.1) is 10.2 Å². The zero-order valence-corrected chi connectivity index (χ0v) is 16.5. The summed E-state index contributed by atoms with van der Waals surface area (Å²) in [6.07, 6.45) is 3.20. The minimum atomic E-state index is 0.400. The summed E-state index contributed by atoms with van der Waals surface area (Å²) in [6, 6.07) is 11.5. The first kappa shape index (κ1) is 18.5. The summed E-state index contributed by atoms with van der Waals surface area (Å²) in [5.41, 5.74) is 5.20. The maximum Gasteiger partial charge on any atom is 0.175 e. The standard InChI is InChI=1S/C18H18BrClN4O2/c1-2-25-17-8-14(9-23-24-11-21-22-12-24)7-16(19)18(17)26-10-13-4-3-5-15(20)6-13/h3-8,11-12,23H,2,9-10H2,1H3. The zero-order valence-electron chi connectivity index (χ0n) is 14.2. The molecule has 0 saturated carbocycles. The number of nitrogens with zero attached hydrogens (tertiary/aromatic N) is 3. The van der Waals surface area contributed by atoms with Gasteiger partial charge in [0.1, 0.15) is 19.3 Å². The van der Waals surface area contributed by atoms with Crippen molar-refractivity contribution in [2.45, 2.75) is 20.1 Å². The molecule has 6 nitrogen and oxygen atoms in total. The first-order valence-corrected chi connectivity index (χ1v) is 9.23. The number of halogens is 2. The molecule has 3 rings (SSSR count). The largest absolute Gasteiger partial charge is 0.490 e. The van der Waals surface area contributed by atoms with Crippen molar-refractivity contribution in [1.82, 2.24) is 14.9 Å². The lowest BCUT2D eigenvalue weighted by molar-refractivity contribution is 0.267. The molecule has 2 aromatic carbocycles. The summed E-state index contributed by atoms with van der Waals surface area (Å²) in [5, 5.41) is 8.20. The maximum atomic E-state index is 6.03. The predicted octanol–water partition coefficient (Wildman–Crippen LogP) is 4.42. The van der Waals surface area contributed by atoms with Gasteiger partial charge in [0.15, 0.2) is 11.5 Å². The van der Waals surface area contributed by atoms with E-state index in [4.69, 9.17) is 21.1 Å². The average Bonchev–Trinajstić information content (AvgIpc) is 3.13. The highest BCUT2D eigenvalue weighted by atomic mass is 79.9. The Bertz CT molecular complexity index is 858. The molecular formula is C18H18BrClN4O2. The minimum Gasteiger partial charge on any atom is -0.490 e. The molecule has 1 heterocycles. The number of nitrogens with one attached hydrogen (secondary N) is 1. The fraction of sp³-hybridized carbons (Fsp3) is 0.222. The molecule has 1 N–H and O–H groups in total. The van der Waals surface area contributed by atoms with Gasteiger partial charge in [0, 0.05) is 5.02 Å². The van der Waals surface area contributed by atoms with Crippen LogP contribution in [0, 0.1) is 0 Å². The van der Waals surface area contributed by atoms with Crippen LogP contribution >= 0.6 is 27.5 Å². The van der Waals surface area contributed by atoms with Gasteiger partial charge in [0.05, 0.1) is 17.6 Å². The highest BCUT2D eigenvalue weighted by Crippen LogP contribution is 2.37. The first-order valence-electron chi connectivity index (χ1n) is 8.06. The van der Waals surface area contributed by atoms with Crippen molar-refractivity contribution in [3.05, 3.63) is 69.7 Å². The van der Waals surface area contributed by atoms with Gasteiger partial charge in [-0.1, -0.05) is 23.7 Å². The number of aromatic nitrogens is 3. The van der Waals surface area contributed by atoms with Gasteiger partial charge in [-0.25, -0.2) is 4.68 Å². The Morgan fingerprint density at radius 3 is 2.65 bits per heavy atom. The van der Waals surface area contributed by atoms with Gasteiger partial charge in [-0.3, -0.25) is 0 Å². The van der Waals surface area contributed by atoms with Crippen LogP contribution in [0.2, 0.25) is 5.02 Å². The van der Waals surface area contributed by atoms with Gasteiger partial charge in [-0.05, 0) is 58.2 Å². The van der Waals surface area contributed by atoms with Crippen molar-refractivity contribution >= 4 is 27.5 Å². The Kier molecular flexibility index (Phi) is 6.35. The summed E-state index contributed by atoms with van der Waals surface area (Å²) in [4.78, 5) is 0. The average molecular weight is 438 g/mol. The van der Waals surface area contributed by atoms with E-state index in [1.807, 2.05) is 43.3 Å². The van der Waals surface area contributed by atoms with Crippen LogP contribution in [-0.4, -0.2) is 21.5 Å². The molecule has 0 bridgehead atoms. The highest BCUT2D eigenvalue weighted by molar-refractivity contribution is 9.10. The van der Waals surface area contributed by atoms with E-state index in [2.05, 4.69) is 31.6 Å². The van der Waals surface area contributed by atoms with Gasteiger partial charge < -0.3 is 14.9 Å². The normalized spacial score (nSPS) is 10.6.